The van der Waals surface area contributed by atoms with Crippen LogP contribution in [0.25, 0.3) is 0 Å². The van der Waals surface area contributed by atoms with Crippen LogP contribution in [-0.4, -0.2) is 24.5 Å². The number of rotatable bonds is 7. The topological polar surface area (TPSA) is 24.8 Å². The van der Waals surface area contributed by atoms with Crippen molar-refractivity contribution in [3.05, 3.63) is 35.9 Å². The van der Waals surface area contributed by atoms with E-state index in [2.05, 4.69) is 22.8 Å². The first-order chi connectivity index (χ1) is 13.1. The quantitative estimate of drug-likeness (QED) is 0.292. The molecule has 156 valence electrons. The van der Waals surface area contributed by atoms with Gasteiger partial charge in [0.05, 0.1) is 11.4 Å². The summed E-state index contributed by atoms with van der Waals surface area (Å²) in [5.74, 6) is 0.0947. The van der Waals surface area contributed by atoms with Crippen molar-refractivity contribution in [1.29, 1.82) is 0 Å². The monoisotopic (exact) mass is 404 g/mol. The molecule has 1 aliphatic rings. The number of allylic oxidation sites excluding steroid dienone is 2. The van der Waals surface area contributed by atoms with E-state index in [4.69, 9.17) is 0 Å². The van der Waals surface area contributed by atoms with Crippen LogP contribution in [-0.2, 0) is 0 Å². The minimum Gasteiger partial charge on any atom is -0.426 e. The minimum atomic E-state index is -5.77. The lowest BCUT2D eigenvalue weighted by Gasteiger charge is -2.23. The van der Waals surface area contributed by atoms with Crippen LogP contribution in [0.2, 0.25) is 0 Å². The van der Waals surface area contributed by atoms with Crippen molar-refractivity contribution in [2.24, 2.45) is 11.0 Å². The van der Waals surface area contributed by atoms with E-state index >= 15 is 0 Å². The highest BCUT2D eigenvalue weighted by Gasteiger charge is 2.61. The Morgan fingerprint density at radius 1 is 1.14 bits per heavy atom. The first kappa shape index (κ1) is 22.2. The van der Waals surface area contributed by atoms with Crippen LogP contribution >= 0.6 is 0 Å². The molecule has 0 spiro atoms. The van der Waals surface area contributed by atoms with E-state index in [1.807, 2.05) is 13.8 Å². The molecule has 0 N–H and O–H groups in total. The lowest BCUT2D eigenvalue weighted by Crippen LogP contribution is -2.41. The zero-order valence-corrected chi connectivity index (χ0v) is 16.2. The van der Waals surface area contributed by atoms with E-state index in [9.17, 15) is 22.0 Å². The van der Waals surface area contributed by atoms with Crippen molar-refractivity contribution >= 4 is 11.4 Å². The third kappa shape index (κ3) is 5.45. The van der Waals surface area contributed by atoms with Gasteiger partial charge in [-0.05, 0) is 68.4 Å². The standard InChI is InChI=1S/C20H25F5N2O/c1-4-18(15-8-6-14(3)7-9-15)26-27(5-2)16-10-12-17(13-11-16)28-20(24,25)19(21,22)23/h8,10-14H,4-7,9H2,1-3H3/b26-18+. The highest BCUT2D eigenvalue weighted by atomic mass is 19.4. The van der Waals surface area contributed by atoms with Gasteiger partial charge in [0.1, 0.15) is 5.75 Å². The molecule has 0 radical (unpaired) electrons. The Balaban J connectivity index is 2.18. The molecule has 0 aromatic heterocycles. The van der Waals surface area contributed by atoms with Crippen molar-refractivity contribution in [2.45, 2.75) is 58.7 Å². The van der Waals surface area contributed by atoms with Crippen LogP contribution in [0.1, 0.15) is 46.5 Å². The van der Waals surface area contributed by atoms with Crippen LogP contribution in [0.3, 0.4) is 0 Å². The largest absolute Gasteiger partial charge is 0.499 e. The molecule has 3 nitrogen and oxygen atoms in total. The zero-order chi connectivity index (χ0) is 20.9. The molecule has 1 unspecified atom stereocenters. The number of alkyl halides is 5. The number of nitrogens with zero attached hydrogens (tertiary/aromatic N) is 2. The summed E-state index contributed by atoms with van der Waals surface area (Å²) in [4.78, 5) is 0. The van der Waals surface area contributed by atoms with E-state index in [0.717, 1.165) is 43.5 Å². The molecule has 28 heavy (non-hydrogen) atoms. The van der Waals surface area contributed by atoms with Crippen LogP contribution in [0, 0.1) is 5.92 Å². The molecular formula is C20H25F5N2O. The van der Waals surface area contributed by atoms with Gasteiger partial charge in [-0.15, -0.1) is 0 Å². The number of benzene rings is 1. The molecule has 1 aliphatic carbocycles. The molecule has 0 amide bonds. The molecule has 0 aliphatic heterocycles. The second-order valence-corrected chi connectivity index (χ2v) is 6.84. The SMILES string of the molecule is CC/C(=N\N(CC)c1ccc(OC(F)(F)C(F)(F)F)cc1)C1=CCC(C)CC1. The lowest BCUT2D eigenvalue weighted by atomic mass is 9.88. The van der Waals surface area contributed by atoms with E-state index in [0.29, 0.717) is 18.2 Å². The molecule has 8 heteroatoms. The number of anilines is 1. The van der Waals surface area contributed by atoms with Crippen LogP contribution in [0.15, 0.2) is 41.0 Å². The second kappa shape index (κ2) is 8.92. The Labute approximate surface area is 161 Å². The molecule has 2 rings (SSSR count). The first-order valence-corrected chi connectivity index (χ1v) is 9.35. The second-order valence-electron chi connectivity index (χ2n) is 6.84. The highest BCUT2D eigenvalue weighted by molar-refractivity contribution is 6.00. The Bertz CT molecular complexity index is 710. The number of ether oxygens (including phenoxy) is 1. The van der Waals surface area contributed by atoms with Gasteiger partial charge in [-0.1, -0.05) is 19.9 Å². The average Bonchev–Trinajstić information content (AvgIpc) is 2.63. The maximum absolute atomic E-state index is 13.0. The van der Waals surface area contributed by atoms with Crippen molar-refractivity contribution in [3.63, 3.8) is 0 Å². The first-order valence-electron chi connectivity index (χ1n) is 9.35. The fourth-order valence-corrected chi connectivity index (χ4v) is 2.94. The number of hydrogen-bond acceptors (Lipinski definition) is 3. The van der Waals surface area contributed by atoms with Gasteiger partial charge < -0.3 is 4.74 Å². The van der Waals surface area contributed by atoms with E-state index in [1.54, 1.807) is 5.01 Å². The zero-order valence-electron chi connectivity index (χ0n) is 16.2. The van der Waals surface area contributed by atoms with E-state index in [-0.39, 0.29) is 0 Å². The maximum Gasteiger partial charge on any atom is 0.499 e. The lowest BCUT2D eigenvalue weighted by molar-refractivity contribution is -0.360. The fraction of sp³-hybridized carbons (Fsp3) is 0.550. The Kier molecular flexibility index (Phi) is 7.06. The molecule has 0 saturated carbocycles. The van der Waals surface area contributed by atoms with Crippen molar-refractivity contribution in [1.82, 2.24) is 0 Å². The summed E-state index contributed by atoms with van der Waals surface area (Å²) in [6.45, 7) is 6.63. The summed E-state index contributed by atoms with van der Waals surface area (Å²) in [5, 5.41) is 6.39. The Morgan fingerprint density at radius 2 is 1.79 bits per heavy atom. The fourth-order valence-electron chi connectivity index (χ4n) is 2.94. The average molecular weight is 404 g/mol. The van der Waals surface area contributed by atoms with Gasteiger partial charge in [0.2, 0.25) is 0 Å². The molecule has 1 atom stereocenters. The van der Waals surface area contributed by atoms with Gasteiger partial charge in [0.15, 0.2) is 0 Å². The smallest absolute Gasteiger partial charge is 0.426 e. The predicted molar refractivity (Wildman–Crippen MR) is 99.9 cm³/mol. The molecular weight excluding hydrogens is 379 g/mol. The van der Waals surface area contributed by atoms with Crippen molar-refractivity contribution in [3.8, 4) is 5.75 Å². The maximum atomic E-state index is 13.0. The Morgan fingerprint density at radius 3 is 2.25 bits per heavy atom. The summed E-state index contributed by atoms with van der Waals surface area (Å²) in [6.07, 6.45) is -4.97. The minimum absolute atomic E-state index is 0.520. The summed E-state index contributed by atoms with van der Waals surface area (Å²) in [5.41, 5.74) is 2.75. The number of halogens is 5. The molecule has 0 fully saturated rings. The molecule has 1 aromatic rings. The van der Waals surface area contributed by atoms with E-state index in [1.165, 1.54) is 17.7 Å². The van der Waals surface area contributed by atoms with Crippen LogP contribution in [0.5, 0.6) is 5.75 Å². The Hall–Kier alpha value is -2.12. The van der Waals surface area contributed by atoms with Crippen LogP contribution in [0.4, 0.5) is 27.6 Å². The van der Waals surface area contributed by atoms with Gasteiger partial charge >= 0.3 is 12.3 Å². The molecule has 0 heterocycles. The van der Waals surface area contributed by atoms with Crippen molar-refractivity contribution < 1.29 is 26.7 Å². The van der Waals surface area contributed by atoms with Crippen molar-refractivity contribution in [2.75, 3.05) is 11.6 Å². The third-order valence-electron chi connectivity index (χ3n) is 4.63. The normalized spacial score (nSPS) is 18.6. The number of hydrazone groups is 1. The van der Waals surface area contributed by atoms with Crippen LogP contribution < -0.4 is 9.75 Å². The third-order valence-corrected chi connectivity index (χ3v) is 4.63. The van der Waals surface area contributed by atoms with Gasteiger partial charge in [0, 0.05) is 6.54 Å². The summed E-state index contributed by atoms with van der Waals surface area (Å²) >= 11 is 0. The summed E-state index contributed by atoms with van der Waals surface area (Å²) < 4.78 is 66.6. The summed E-state index contributed by atoms with van der Waals surface area (Å²) in [6, 6.07) is 5.00. The molecule has 0 saturated heterocycles. The van der Waals surface area contributed by atoms with Gasteiger partial charge in [-0.3, -0.25) is 5.01 Å². The summed E-state index contributed by atoms with van der Waals surface area (Å²) in [7, 11) is 0. The molecule has 1 aromatic carbocycles. The van der Waals surface area contributed by atoms with E-state index < -0.39 is 18.0 Å². The number of hydrogen-bond donors (Lipinski definition) is 0. The van der Waals surface area contributed by atoms with Gasteiger partial charge in [-0.2, -0.15) is 27.1 Å². The predicted octanol–water partition coefficient (Wildman–Crippen LogP) is 6.56. The highest BCUT2D eigenvalue weighted by Crippen LogP contribution is 2.37. The molecule has 0 bridgehead atoms. The van der Waals surface area contributed by atoms with Gasteiger partial charge in [0.25, 0.3) is 0 Å². The van der Waals surface area contributed by atoms with Gasteiger partial charge in [-0.25, -0.2) is 0 Å².